The van der Waals surface area contributed by atoms with Gasteiger partial charge in [0.1, 0.15) is 11.6 Å². The maximum absolute atomic E-state index is 12.7. The fourth-order valence-corrected chi connectivity index (χ4v) is 5.53. The summed E-state index contributed by atoms with van der Waals surface area (Å²) in [5.74, 6) is 2.70. The van der Waals surface area contributed by atoms with E-state index in [-0.39, 0.29) is 12.0 Å². The van der Waals surface area contributed by atoms with Crippen LogP contribution in [0.2, 0.25) is 0 Å². The molecule has 2 fully saturated rings. The van der Waals surface area contributed by atoms with E-state index in [0.717, 1.165) is 95.1 Å². The highest BCUT2D eigenvalue weighted by molar-refractivity contribution is 5.76. The predicted molar refractivity (Wildman–Crippen MR) is 130 cm³/mol. The number of anilines is 1. The van der Waals surface area contributed by atoms with Gasteiger partial charge in [0, 0.05) is 50.0 Å². The van der Waals surface area contributed by atoms with Crippen LogP contribution in [0.3, 0.4) is 0 Å². The number of fused-ring (bicyclic) bond motifs is 1. The molecular weight excluding hydrogens is 412 g/mol. The van der Waals surface area contributed by atoms with E-state index in [4.69, 9.17) is 14.7 Å². The molecular formula is C27H36N4O2. The number of hydrogen-bond acceptors (Lipinski definition) is 5. The van der Waals surface area contributed by atoms with Crippen molar-refractivity contribution in [3.8, 4) is 0 Å². The summed E-state index contributed by atoms with van der Waals surface area (Å²) in [5, 5.41) is 0. The molecule has 5 rings (SSSR count). The Hall–Kier alpha value is -2.47. The number of carbonyl (C=O) groups is 1. The number of rotatable bonds is 6. The third kappa shape index (κ3) is 5.21. The maximum Gasteiger partial charge on any atom is 0.225 e. The molecule has 2 saturated heterocycles. The van der Waals surface area contributed by atoms with Crippen molar-refractivity contribution < 1.29 is 9.53 Å². The minimum absolute atomic E-state index is 0.128. The largest absolute Gasteiger partial charge is 0.378 e. The van der Waals surface area contributed by atoms with E-state index < -0.39 is 0 Å². The first-order valence-electron chi connectivity index (χ1n) is 12.7. The highest BCUT2D eigenvalue weighted by Crippen LogP contribution is 2.32. The fraction of sp³-hybridized carbons (Fsp3) is 0.593. The van der Waals surface area contributed by atoms with E-state index in [2.05, 4.69) is 42.2 Å². The molecule has 4 heterocycles. The Labute approximate surface area is 197 Å². The number of amides is 1. The summed E-state index contributed by atoms with van der Waals surface area (Å²) in [4.78, 5) is 27.3. The quantitative estimate of drug-likeness (QED) is 0.667. The maximum atomic E-state index is 12.7. The number of hydrogen-bond donors (Lipinski definition) is 0. The second kappa shape index (κ2) is 10.2. The number of ether oxygens (including phenoxy) is 1. The molecule has 1 aromatic carbocycles. The van der Waals surface area contributed by atoms with E-state index in [9.17, 15) is 4.79 Å². The molecule has 3 aliphatic rings. The van der Waals surface area contributed by atoms with E-state index in [0.29, 0.717) is 12.3 Å². The van der Waals surface area contributed by atoms with Crippen LogP contribution in [0.25, 0.3) is 0 Å². The topological polar surface area (TPSA) is 58.6 Å². The third-order valence-corrected chi connectivity index (χ3v) is 7.52. The first kappa shape index (κ1) is 22.3. The van der Waals surface area contributed by atoms with Gasteiger partial charge in [0.2, 0.25) is 5.91 Å². The van der Waals surface area contributed by atoms with Crippen LogP contribution >= 0.6 is 0 Å². The molecule has 33 heavy (non-hydrogen) atoms. The average Bonchev–Trinajstić information content (AvgIpc) is 3.36. The van der Waals surface area contributed by atoms with Crippen molar-refractivity contribution in [2.45, 2.75) is 70.3 Å². The molecule has 176 valence electrons. The zero-order valence-electron chi connectivity index (χ0n) is 19.8. The summed E-state index contributed by atoms with van der Waals surface area (Å²) in [6.45, 7) is 6.60. The molecule has 0 spiro atoms. The number of nitrogens with zero attached hydrogens (tertiary/aromatic N) is 4. The van der Waals surface area contributed by atoms with Crippen molar-refractivity contribution in [3.63, 3.8) is 0 Å². The van der Waals surface area contributed by atoms with Crippen LogP contribution in [0.5, 0.6) is 0 Å². The smallest absolute Gasteiger partial charge is 0.225 e. The van der Waals surface area contributed by atoms with E-state index in [1.54, 1.807) is 0 Å². The van der Waals surface area contributed by atoms with Crippen molar-refractivity contribution in [2.24, 2.45) is 0 Å². The van der Waals surface area contributed by atoms with Gasteiger partial charge in [-0.15, -0.1) is 0 Å². The van der Waals surface area contributed by atoms with Crippen LogP contribution in [-0.4, -0.2) is 59.7 Å². The molecule has 0 radical (unpaired) electrons. The standard InChI is InChI=1S/C27H36N4O2/c1-20-24-10-5-14-31(15-11-21-7-3-2-4-8-21)27(24)29-26(28-20)22-12-16-30(17-13-22)25(32)19-23-9-6-18-33-23/h2-4,7-8,22-23H,5-6,9-19H2,1H3/t23-/m1/s1. The number of likely N-dealkylation sites (tertiary alicyclic amines) is 1. The molecule has 1 atom stereocenters. The van der Waals surface area contributed by atoms with Crippen LogP contribution in [0, 0.1) is 6.92 Å². The molecule has 1 aromatic heterocycles. The number of carbonyl (C=O) groups excluding carboxylic acids is 1. The summed E-state index contributed by atoms with van der Waals surface area (Å²) in [6.07, 6.45) is 7.92. The summed E-state index contributed by atoms with van der Waals surface area (Å²) in [6, 6.07) is 10.7. The molecule has 1 amide bonds. The zero-order valence-corrected chi connectivity index (χ0v) is 19.8. The normalized spacial score (nSPS) is 21.3. The SMILES string of the molecule is Cc1nc(C2CCN(C(=O)C[C@H]3CCCO3)CC2)nc2c1CCCN2CCc1ccccc1. The second-order valence-corrected chi connectivity index (χ2v) is 9.79. The number of piperidine rings is 1. The van der Waals surface area contributed by atoms with Crippen molar-refractivity contribution in [2.75, 3.05) is 37.7 Å². The van der Waals surface area contributed by atoms with Crippen LogP contribution in [0.1, 0.15) is 67.1 Å². The molecule has 3 aliphatic heterocycles. The Kier molecular flexibility index (Phi) is 6.91. The fourth-order valence-electron chi connectivity index (χ4n) is 5.53. The summed E-state index contributed by atoms with van der Waals surface area (Å²) in [7, 11) is 0. The van der Waals surface area contributed by atoms with Crippen molar-refractivity contribution in [1.82, 2.24) is 14.9 Å². The lowest BCUT2D eigenvalue weighted by Gasteiger charge is -2.34. The van der Waals surface area contributed by atoms with E-state index in [1.807, 2.05) is 4.90 Å². The Morgan fingerprint density at radius 2 is 1.88 bits per heavy atom. The summed E-state index contributed by atoms with van der Waals surface area (Å²) >= 11 is 0. The second-order valence-electron chi connectivity index (χ2n) is 9.79. The summed E-state index contributed by atoms with van der Waals surface area (Å²) in [5.41, 5.74) is 3.83. The minimum Gasteiger partial charge on any atom is -0.378 e. The molecule has 6 heteroatoms. The van der Waals surface area contributed by atoms with Crippen LogP contribution in [0.15, 0.2) is 30.3 Å². The van der Waals surface area contributed by atoms with Gasteiger partial charge in [-0.05, 0) is 57.4 Å². The zero-order chi connectivity index (χ0) is 22.6. The van der Waals surface area contributed by atoms with Gasteiger partial charge in [0.15, 0.2) is 0 Å². The average molecular weight is 449 g/mol. The Morgan fingerprint density at radius 1 is 1.06 bits per heavy atom. The van der Waals surface area contributed by atoms with E-state index >= 15 is 0 Å². The van der Waals surface area contributed by atoms with Gasteiger partial charge >= 0.3 is 0 Å². The van der Waals surface area contributed by atoms with Gasteiger partial charge in [-0.3, -0.25) is 4.79 Å². The Balaban J connectivity index is 1.24. The molecule has 0 unspecified atom stereocenters. The lowest BCUT2D eigenvalue weighted by Crippen LogP contribution is -2.40. The highest BCUT2D eigenvalue weighted by atomic mass is 16.5. The first-order valence-corrected chi connectivity index (χ1v) is 12.7. The molecule has 6 nitrogen and oxygen atoms in total. The Morgan fingerprint density at radius 3 is 2.64 bits per heavy atom. The monoisotopic (exact) mass is 448 g/mol. The highest BCUT2D eigenvalue weighted by Gasteiger charge is 2.30. The van der Waals surface area contributed by atoms with Gasteiger partial charge in [-0.2, -0.15) is 0 Å². The number of benzene rings is 1. The molecule has 0 saturated carbocycles. The van der Waals surface area contributed by atoms with Gasteiger partial charge in [0.25, 0.3) is 0 Å². The van der Waals surface area contributed by atoms with Crippen LogP contribution in [-0.2, 0) is 22.4 Å². The van der Waals surface area contributed by atoms with Crippen molar-refractivity contribution >= 4 is 11.7 Å². The number of aryl methyl sites for hydroxylation is 1. The van der Waals surface area contributed by atoms with Gasteiger partial charge in [-0.1, -0.05) is 30.3 Å². The molecule has 2 aromatic rings. The lowest BCUT2D eigenvalue weighted by molar-refractivity contribution is -0.134. The third-order valence-electron chi connectivity index (χ3n) is 7.52. The van der Waals surface area contributed by atoms with Gasteiger partial charge in [-0.25, -0.2) is 9.97 Å². The number of aromatic nitrogens is 2. The summed E-state index contributed by atoms with van der Waals surface area (Å²) < 4.78 is 5.66. The van der Waals surface area contributed by atoms with E-state index in [1.165, 1.54) is 11.1 Å². The van der Waals surface area contributed by atoms with Crippen LogP contribution < -0.4 is 4.90 Å². The van der Waals surface area contributed by atoms with Gasteiger partial charge < -0.3 is 14.5 Å². The van der Waals surface area contributed by atoms with Gasteiger partial charge in [0.05, 0.1) is 12.5 Å². The Bertz CT molecular complexity index is 950. The molecule has 0 bridgehead atoms. The van der Waals surface area contributed by atoms with Crippen molar-refractivity contribution in [3.05, 3.63) is 53.0 Å². The van der Waals surface area contributed by atoms with Crippen molar-refractivity contribution in [1.29, 1.82) is 0 Å². The molecule has 0 N–H and O–H groups in total. The molecule has 0 aliphatic carbocycles. The predicted octanol–water partition coefficient (Wildman–Crippen LogP) is 4.06. The minimum atomic E-state index is 0.128. The van der Waals surface area contributed by atoms with Crippen LogP contribution in [0.4, 0.5) is 5.82 Å². The first-order chi connectivity index (χ1) is 16.2. The lowest BCUT2D eigenvalue weighted by atomic mass is 9.94.